The summed E-state index contributed by atoms with van der Waals surface area (Å²) in [4.78, 5) is 15.9. The highest BCUT2D eigenvalue weighted by Gasteiger charge is 2.14. The Labute approximate surface area is 111 Å². The number of aromatic nitrogens is 1. The molecule has 100 valence electrons. The van der Waals surface area contributed by atoms with Gasteiger partial charge in [0, 0.05) is 6.92 Å². The van der Waals surface area contributed by atoms with E-state index in [0.717, 1.165) is 11.3 Å². The summed E-state index contributed by atoms with van der Waals surface area (Å²) in [5.41, 5.74) is 1.28. The molecule has 0 radical (unpaired) electrons. The van der Waals surface area contributed by atoms with Gasteiger partial charge in [0.05, 0.1) is 13.2 Å². The second-order valence-corrected chi connectivity index (χ2v) is 4.22. The van der Waals surface area contributed by atoms with E-state index in [0.29, 0.717) is 5.89 Å². The highest BCUT2D eigenvalue weighted by molar-refractivity contribution is 5.92. The molecule has 0 spiro atoms. The molecular formula is C14H16N2O3. The second kappa shape index (κ2) is 5.56. The van der Waals surface area contributed by atoms with Gasteiger partial charge in [-0.15, -0.1) is 0 Å². The van der Waals surface area contributed by atoms with Gasteiger partial charge in [0.15, 0.2) is 11.6 Å². The number of benzene rings is 1. The Morgan fingerprint density at radius 2 is 2.05 bits per heavy atom. The molecule has 1 aromatic heterocycles. The highest BCUT2D eigenvalue weighted by atomic mass is 16.5. The van der Waals surface area contributed by atoms with E-state index in [2.05, 4.69) is 10.3 Å². The van der Waals surface area contributed by atoms with Gasteiger partial charge >= 0.3 is 0 Å². The zero-order valence-electron chi connectivity index (χ0n) is 11.1. The third-order valence-electron chi connectivity index (χ3n) is 2.82. The zero-order valence-corrected chi connectivity index (χ0v) is 11.1. The second-order valence-electron chi connectivity index (χ2n) is 4.22. The summed E-state index contributed by atoms with van der Waals surface area (Å²) < 4.78 is 10.1. The molecule has 1 N–H and O–H groups in total. The molecule has 0 aliphatic heterocycles. The molecule has 2 aromatic rings. The number of oxazole rings is 1. The molecule has 5 nitrogen and oxygen atoms in total. The first-order valence-corrected chi connectivity index (χ1v) is 5.97. The molecular weight excluding hydrogens is 244 g/mol. The smallest absolute Gasteiger partial charge is 0.273 e. The fourth-order valence-corrected chi connectivity index (χ4v) is 1.71. The van der Waals surface area contributed by atoms with Gasteiger partial charge in [-0.05, 0) is 24.6 Å². The number of ether oxygens (including phenoxy) is 1. The molecule has 0 bridgehead atoms. The van der Waals surface area contributed by atoms with E-state index in [1.165, 1.54) is 6.26 Å². The summed E-state index contributed by atoms with van der Waals surface area (Å²) in [5, 5.41) is 2.86. The average Bonchev–Trinajstić information content (AvgIpc) is 2.85. The molecule has 1 atom stereocenters. The molecule has 0 saturated carbocycles. The monoisotopic (exact) mass is 260 g/mol. The Kier molecular flexibility index (Phi) is 3.85. The Balaban J connectivity index is 2.03. The molecule has 0 aliphatic rings. The van der Waals surface area contributed by atoms with Crippen LogP contribution in [0.5, 0.6) is 5.75 Å². The van der Waals surface area contributed by atoms with Crippen molar-refractivity contribution >= 4 is 5.91 Å². The zero-order chi connectivity index (χ0) is 13.8. The molecule has 1 unspecified atom stereocenters. The molecule has 1 heterocycles. The lowest BCUT2D eigenvalue weighted by molar-refractivity contribution is 0.0935. The molecule has 0 aliphatic carbocycles. The maximum absolute atomic E-state index is 11.9. The predicted molar refractivity (Wildman–Crippen MR) is 70.1 cm³/mol. The Bertz CT molecular complexity index is 560. The number of amides is 1. The minimum Gasteiger partial charge on any atom is -0.497 e. The van der Waals surface area contributed by atoms with Gasteiger partial charge < -0.3 is 14.5 Å². The van der Waals surface area contributed by atoms with Crippen molar-refractivity contribution in [2.24, 2.45) is 0 Å². The van der Waals surface area contributed by atoms with Crippen LogP contribution in [0.25, 0.3) is 0 Å². The van der Waals surface area contributed by atoms with Crippen LogP contribution < -0.4 is 10.1 Å². The normalized spacial score (nSPS) is 11.9. The maximum atomic E-state index is 11.9. The van der Waals surface area contributed by atoms with E-state index >= 15 is 0 Å². The molecule has 0 fully saturated rings. The fraction of sp³-hybridized carbons (Fsp3) is 0.286. The fourth-order valence-electron chi connectivity index (χ4n) is 1.71. The molecule has 5 heteroatoms. The number of hydrogen-bond acceptors (Lipinski definition) is 4. The summed E-state index contributed by atoms with van der Waals surface area (Å²) >= 11 is 0. The van der Waals surface area contributed by atoms with Crippen molar-refractivity contribution in [1.82, 2.24) is 10.3 Å². The van der Waals surface area contributed by atoms with E-state index in [1.54, 1.807) is 14.0 Å². The maximum Gasteiger partial charge on any atom is 0.273 e. The van der Waals surface area contributed by atoms with Crippen LogP contribution >= 0.6 is 0 Å². The number of aryl methyl sites for hydroxylation is 1. The van der Waals surface area contributed by atoms with Crippen molar-refractivity contribution in [3.05, 3.63) is 47.7 Å². The molecule has 0 saturated heterocycles. The van der Waals surface area contributed by atoms with Crippen molar-refractivity contribution in [3.63, 3.8) is 0 Å². The minimum absolute atomic E-state index is 0.115. The van der Waals surface area contributed by atoms with Crippen LogP contribution in [0, 0.1) is 6.92 Å². The summed E-state index contributed by atoms with van der Waals surface area (Å²) in [7, 11) is 1.62. The first kappa shape index (κ1) is 13.1. The van der Waals surface area contributed by atoms with E-state index in [1.807, 2.05) is 31.2 Å². The minimum atomic E-state index is -0.250. The van der Waals surface area contributed by atoms with Crippen LogP contribution in [0.15, 0.2) is 34.9 Å². The third-order valence-corrected chi connectivity index (χ3v) is 2.82. The Hall–Kier alpha value is -2.30. The lowest BCUT2D eigenvalue weighted by Gasteiger charge is -2.13. The number of nitrogens with one attached hydrogen (secondary N) is 1. The van der Waals surface area contributed by atoms with Crippen molar-refractivity contribution in [1.29, 1.82) is 0 Å². The number of rotatable bonds is 4. The summed E-state index contributed by atoms with van der Waals surface area (Å²) in [6, 6.07) is 7.43. The molecule has 1 aromatic carbocycles. The topological polar surface area (TPSA) is 64.4 Å². The molecule has 2 rings (SSSR count). The van der Waals surface area contributed by atoms with Crippen LogP contribution in [-0.4, -0.2) is 18.0 Å². The number of carbonyl (C=O) groups is 1. The number of carbonyl (C=O) groups excluding carboxylic acids is 1. The number of methoxy groups -OCH3 is 1. The van der Waals surface area contributed by atoms with Crippen LogP contribution in [-0.2, 0) is 0 Å². The van der Waals surface area contributed by atoms with Gasteiger partial charge in [-0.25, -0.2) is 4.98 Å². The standard InChI is InChI=1S/C14H16N2O3/c1-9(11-4-6-12(18-3)7-5-11)15-14(17)13-8-19-10(2)16-13/h4-9H,1-3H3,(H,15,17). The third kappa shape index (κ3) is 3.13. The first-order chi connectivity index (χ1) is 9.10. The summed E-state index contributed by atoms with van der Waals surface area (Å²) in [6.45, 7) is 3.61. The number of nitrogens with zero attached hydrogens (tertiary/aromatic N) is 1. The van der Waals surface area contributed by atoms with E-state index in [4.69, 9.17) is 9.15 Å². The highest BCUT2D eigenvalue weighted by Crippen LogP contribution is 2.17. The van der Waals surface area contributed by atoms with Crippen molar-refractivity contribution in [2.45, 2.75) is 19.9 Å². The lowest BCUT2D eigenvalue weighted by atomic mass is 10.1. The van der Waals surface area contributed by atoms with Crippen LogP contribution in [0.3, 0.4) is 0 Å². The van der Waals surface area contributed by atoms with Crippen LogP contribution in [0.4, 0.5) is 0 Å². The first-order valence-electron chi connectivity index (χ1n) is 5.97. The summed E-state index contributed by atoms with van der Waals surface area (Å²) in [6.07, 6.45) is 1.35. The SMILES string of the molecule is COc1ccc(C(C)NC(=O)c2coc(C)n2)cc1. The van der Waals surface area contributed by atoms with Gasteiger partial charge in [0.2, 0.25) is 0 Å². The molecule has 1 amide bonds. The van der Waals surface area contributed by atoms with Crippen LogP contribution in [0.2, 0.25) is 0 Å². The van der Waals surface area contributed by atoms with E-state index in [-0.39, 0.29) is 17.6 Å². The van der Waals surface area contributed by atoms with E-state index < -0.39 is 0 Å². The van der Waals surface area contributed by atoms with Crippen molar-refractivity contribution in [2.75, 3.05) is 7.11 Å². The number of hydrogen-bond donors (Lipinski definition) is 1. The molecule has 19 heavy (non-hydrogen) atoms. The van der Waals surface area contributed by atoms with Gasteiger partial charge in [0.25, 0.3) is 5.91 Å². The van der Waals surface area contributed by atoms with Crippen molar-refractivity contribution in [3.8, 4) is 5.75 Å². The van der Waals surface area contributed by atoms with Gasteiger partial charge in [-0.3, -0.25) is 4.79 Å². The summed E-state index contributed by atoms with van der Waals surface area (Å²) in [5.74, 6) is 1.01. The van der Waals surface area contributed by atoms with Crippen LogP contribution in [0.1, 0.15) is 34.9 Å². The average molecular weight is 260 g/mol. The Morgan fingerprint density at radius 1 is 1.37 bits per heavy atom. The van der Waals surface area contributed by atoms with E-state index in [9.17, 15) is 4.79 Å². The predicted octanol–water partition coefficient (Wildman–Crippen LogP) is 2.48. The van der Waals surface area contributed by atoms with Gasteiger partial charge in [-0.1, -0.05) is 12.1 Å². The van der Waals surface area contributed by atoms with Gasteiger partial charge in [0.1, 0.15) is 12.0 Å². The largest absolute Gasteiger partial charge is 0.497 e. The quantitative estimate of drug-likeness (QED) is 0.917. The van der Waals surface area contributed by atoms with Gasteiger partial charge in [-0.2, -0.15) is 0 Å². The Morgan fingerprint density at radius 3 is 2.58 bits per heavy atom. The van der Waals surface area contributed by atoms with Crippen molar-refractivity contribution < 1.29 is 13.9 Å². The lowest BCUT2D eigenvalue weighted by Crippen LogP contribution is -2.26.